The summed E-state index contributed by atoms with van der Waals surface area (Å²) in [5.74, 6) is -0.0289. The molecule has 1 fully saturated rings. The van der Waals surface area contributed by atoms with Crippen LogP contribution in [0.4, 0.5) is 5.69 Å². The smallest absolute Gasteiger partial charge is 0.251 e. The Balaban J connectivity index is 1.86. The first kappa shape index (κ1) is 21.4. The molecular weight excluding hydrogens is 384 g/mol. The van der Waals surface area contributed by atoms with Crippen LogP contribution in [0.5, 0.6) is 0 Å². The highest BCUT2D eigenvalue weighted by Crippen LogP contribution is 2.28. The fraction of sp³-hybridized carbons (Fsp3) is 0.435. The van der Waals surface area contributed by atoms with Crippen LogP contribution in [0.2, 0.25) is 0 Å². The third kappa shape index (κ3) is 4.64. The minimum Gasteiger partial charge on any atom is -0.345 e. The molecule has 1 heterocycles. The van der Waals surface area contributed by atoms with E-state index in [0.29, 0.717) is 24.2 Å². The Bertz CT molecular complexity index is 1010. The predicted octanol–water partition coefficient (Wildman–Crippen LogP) is 4.42. The zero-order chi connectivity index (χ0) is 21.2. The number of carbonyl (C=O) groups excluding carboxylic acids is 1. The minimum atomic E-state index is -3.32. The Kier molecular flexibility index (Phi) is 6.32. The van der Waals surface area contributed by atoms with E-state index in [4.69, 9.17) is 0 Å². The van der Waals surface area contributed by atoms with Crippen LogP contribution in [0.25, 0.3) is 0 Å². The van der Waals surface area contributed by atoms with Gasteiger partial charge in [-0.1, -0.05) is 31.2 Å². The van der Waals surface area contributed by atoms with Gasteiger partial charge in [0.05, 0.1) is 17.5 Å². The van der Waals surface area contributed by atoms with E-state index in [-0.39, 0.29) is 17.7 Å². The van der Waals surface area contributed by atoms with E-state index >= 15 is 0 Å². The maximum absolute atomic E-state index is 13.0. The highest BCUT2D eigenvalue weighted by molar-refractivity contribution is 7.92. The van der Waals surface area contributed by atoms with Crippen LogP contribution >= 0.6 is 0 Å². The summed E-state index contributed by atoms with van der Waals surface area (Å²) in [6, 6.07) is 11.4. The van der Waals surface area contributed by atoms with Gasteiger partial charge in [-0.3, -0.25) is 9.10 Å². The van der Waals surface area contributed by atoms with Crippen molar-refractivity contribution in [3.63, 3.8) is 0 Å². The summed E-state index contributed by atoms with van der Waals surface area (Å²) < 4.78 is 26.5. The summed E-state index contributed by atoms with van der Waals surface area (Å²) in [4.78, 5) is 13.0. The average molecular weight is 415 g/mol. The van der Waals surface area contributed by atoms with E-state index in [2.05, 4.69) is 37.4 Å². The second kappa shape index (κ2) is 8.57. The van der Waals surface area contributed by atoms with Crippen molar-refractivity contribution in [2.45, 2.75) is 53.0 Å². The molecule has 2 aromatic rings. The van der Waals surface area contributed by atoms with Crippen molar-refractivity contribution in [3.8, 4) is 0 Å². The third-order valence-corrected chi connectivity index (χ3v) is 7.59. The van der Waals surface area contributed by atoms with Crippen LogP contribution in [0, 0.1) is 20.8 Å². The van der Waals surface area contributed by atoms with E-state index in [1.807, 2.05) is 19.9 Å². The summed E-state index contributed by atoms with van der Waals surface area (Å²) in [5, 5.41) is 3.11. The van der Waals surface area contributed by atoms with E-state index in [9.17, 15) is 13.2 Å². The lowest BCUT2D eigenvalue weighted by atomic mass is 9.99. The Morgan fingerprint density at radius 3 is 2.41 bits per heavy atom. The molecule has 2 aromatic carbocycles. The molecular formula is C23H30N2O3S. The van der Waals surface area contributed by atoms with Crippen molar-refractivity contribution in [3.05, 3.63) is 64.2 Å². The zero-order valence-electron chi connectivity index (χ0n) is 17.7. The molecule has 1 atom stereocenters. The Labute approximate surface area is 174 Å². The quantitative estimate of drug-likeness (QED) is 0.787. The van der Waals surface area contributed by atoms with Crippen molar-refractivity contribution in [1.82, 2.24) is 5.32 Å². The van der Waals surface area contributed by atoms with Gasteiger partial charge >= 0.3 is 0 Å². The second-order valence-electron chi connectivity index (χ2n) is 7.87. The standard InChI is InChI=1S/C23H30N2O3S/c1-5-21(19-10-8-16(2)18(4)14-19)24-23(26)20-11-9-17(3)22(15-20)25-12-6-7-13-29(25,27)28/h8-11,14-15,21H,5-7,12-13H2,1-4H3,(H,24,26)/t21-/m1/s1. The fourth-order valence-electron chi connectivity index (χ4n) is 3.72. The number of hydrogen-bond acceptors (Lipinski definition) is 3. The van der Waals surface area contributed by atoms with Gasteiger partial charge in [0.25, 0.3) is 5.91 Å². The molecule has 1 aliphatic rings. The minimum absolute atomic E-state index is 0.0923. The highest BCUT2D eigenvalue weighted by atomic mass is 32.2. The van der Waals surface area contributed by atoms with Crippen LogP contribution in [-0.4, -0.2) is 26.6 Å². The number of anilines is 1. The summed E-state index contributed by atoms with van der Waals surface area (Å²) in [6.07, 6.45) is 2.29. The van der Waals surface area contributed by atoms with Crippen molar-refractivity contribution in [2.24, 2.45) is 0 Å². The fourth-order valence-corrected chi connectivity index (χ4v) is 5.42. The Morgan fingerprint density at radius 2 is 1.76 bits per heavy atom. The van der Waals surface area contributed by atoms with E-state index in [1.54, 1.807) is 12.1 Å². The lowest BCUT2D eigenvalue weighted by Gasteiger charge is -2.30. The normalized spacial score (nSPS) is 17.0. The van der Waals surface area contributed by atoms with Crippen LogP contribution in [-0.2, 0) is 10.0 Å². The Hall–Kier alpha value is -2.34. The number of rotatable bonds is 5. The van der Waals surface area contributed by atoms with Crippen LogP contribution < -0.4 is 9.62 Å². The van der Waals surface area contributed by atoms with E-state index in [0.717, 1.165) is 24.0 Å². The summed E-state index contributed by atoms with van der Waals surface area (Å²) in [5.41, 5.74) is 5.44. The molecule has 1 N–H and O–H groups in total. The Morgan fingerprint density at radius 1 is 1.03 bits per heavy atom. The zero-order valence-corrected chi connectivity index (χ0v) is 18.5. The highest BCUT2D eigenvalue weighted by Gasteiger charge is 2.28. The maximum atomic E-state index is 13.0. The average Bonchev–Trinajstić information content (AvgIpc) is 2.68. The SMILES string of the molecule is CC[C@@H](NC(=O)c1ccc(C)c(N2CCCCS2(=O)=O)c1)c1ccc(C)c(C)c1. The van der Waals surface area contributed by atoms with Gasteiger partial charge in [0.2, 0.25) is 10.0 Å². The van der Waals surface area contributed by atoms with Gasteiger partial charge in [0, 0.05) is 12.1 Å². The first-order chi connectivity index (χ1) is 13.7. The number of nitrogens with one attached hydrogen (secondary N) is 1. The number of benzene rings is 2. The van der Waals surface area contributed by atoms with Crippen molar-refractivity contribution < 1.29 is 13.2 Å². The lowest BCUT2D eigenvalue weighted by molar-refractivity contribution is 0.0935. The van der Waals surface area contributed by atoms with Crippen molar-refractivity contribution in [2.75, 3.05) is 16.6 Å². The van der Waals surface area contributed by atoms with Gasteiger partial charge in [-0.25, -0.2) is 8.42 Å². The molecule has 1 saturated heterocycles. The third-order valence-electron chi connectivity index (χ3n) is 5.74. The number of aryl methyl sites for hydroxylation is 3. The van der Waals surface area contributed by atoms with Crippen molar-refractivity contribution >= 4 is 21.6 Å². The molecule has 0 unspecified atom stereocenters. The van der Waals surface area contributed by atoms with E-state index in [1.165, 1.54) is 15.4 Å². The van der Waals surface area contributed by atoms with E-state index < -0.39 is 10.0 Å². The number of amides is 1. The summed E-state index contributed by atoms with van der Waals surface area (Å²) in [6.45, 7) is 8.53. The van der Waals surface area contributed by atoms with Crippen molar-refractivity contribution in [1.29, 1.82) is 0 Å². The topological polar surface area (TPSA) is 66.5 Å². The molecule has 0 bridgehead atoms. The van der Waals surface area contributed by atoms with Gasteiger partial charge in [-0.2, -0.15) is 0 Å². The molecule has 156 valence electrons. The maximum Gasteiger partial charge on any atom is 0.251 e. The van der Waals surface area contributed by atoms with Crippen LogP contribution in [0.1, 0.15) is 64.8 Å². The molecule has 1 amide bonds. The molecule has 3 rings (SSSR count). The summed E-state index contributed by atoms with van der Waals surface area (Å²) in [7, 11) is -3.32. The van der Waals surface area contributed by atoms with Gasteiger partial charge < -0.3 is 5.32 Å². The monoisotopic (exact) mass is 414 g/mol. The first-order valence-corrected chi connectivity index (χ1v) is 11.8. The van der Waals surface area contributed by atoms with Gasteiger partial charge in [-0.05, 0) is 74.4 Å². The van der Waals surface area contributed by atoms with Gasteiger partial charge in [0.1, 0.15) is 0 Å². The molecule has 0 saturated carbocycles. The largest absolute Gasteiger partial charge is 0.345 e. The first-order valence-electron chi connectivity index (χ1n) is 10.2. The lowest BCUT2D eigenvalue weighted by Crippen LogP contribution is -2.38. The van der Waals surface area contributed by atoms with Crippen LogP contribution in [0.15, 0.2) is 36.4 Å². The molecule has 29 heavy (non-hydrogen) atoms. The number of nitrogens with zero attached hydrogens (tertiary/aromatic N) is 1. The van der Waals surface area contributed by atoms with Crippen LogP contribution in [0.3, 0.4) is 0 Å². The summed E-state index contributed by atoms with van der Waals surface area (Å²) >= 11 is 0. The molecule has 6 heteroatoms. The molecule has 5 nitrogen and oxygen atoms in total. The second-order valence-corrected chi connectivity index (χ2v) is 9.89. The molecule has 1 aliphatic heterocycles. The number of hydrogen-bond donors (Lipinski definition) is 1. The molecule has 0 radical (unpaired) electrons. The van der Waals surface area contributed by atoms with Gasteiger partial charge in [-0.15, -0.1) is 0 Å². The molecule has 0 spiro atoms. The number of sulfonamides is 1. The molecule has 0 aromatic heterocycles. The van der Waals surface area contributed by atoms with Gasteiger partial charge in [0.15, 0.2) is 0 Å². The molecule has 0 aliphatic carbocycles. The predicted molar refractivity (Wildman–Crippen MR) is 118 cm³/mol. The number of carbonyl (C=O) groups is 1.